The van der Waals surface area contributed by atoms with Crippen LogP contribution in [0.5, 0.6) is 0 Å². The maximum absolute atomic E-state index is 15.2. The molecule has 0 spiro atoms. The highest BCUT2D eigenvalue weighted by molar-refractivity contribution is 5.99. The van der Waals surface area contributed by atoms with Crippen molar-refractivity contribution in [2.75, 3.05) is 0 Å². The zero-order valence-electron chi connectivity index (χ0n) is 19.5. The number of pyridine rings is 1. The van der Waals surface area contributed by atoms with Crippen molar-refractivity contribution in [3.63, 3.8) is 0 Å². The lowest BCUT2D eigenvalue weighted by atomic mass is 9.84. The molecule has 0 bridgehead atoms. The van der Waals surface area contributed by atoms with Crippen molar-refractivity contribution in [1.82, 2.24) is 14.8 Å². The van der Waals surface area contributed by atoms with Gasteiger partial charge in [-0.05, 0) is 36.1 Å². The van der Waals surface area contributed by atoms with Crippen LogP contribution < -0.4 is 0 Å². The summed E-state index contributed by atoms with van der Waals surface area (Å²) in [7, 11) is 0. The Morgan fingerprint density at radius 3 is 2.59 bits per heavy atom. The SMILES string of the molecule is CC1=C(C(=O)Cc2ccc3cnccc3c2)C(c2ccc(C(F)(F)F)c(F)c2F)n2nc(CO)cc2C1. The van der Waals surface area contributed by atoms with Gasteiger partial charge in [-0.15, -0.1) is 0 Å². The first-order chi connectivity index (χ1) is 17.6. The fourth-order valence-corrected chi connectivity index (χ4v) is 4.84. The molecule has 190 valence electrons. The Bertz CT molecular complexity index is 1570. The minimum Gasteiger partial charge on any atom is -0.390 e. The third-order valence-electron chi connectivity index (χ3n) is 6.53. The maximum atomic E-state index is 15.2. The number of carbonyl (C=O) groups excluding carboxylic acids is 1. The molecule has 10 heteroatoms. The number of hydrogen-bond acceptors (Lipinski definition) is 4. The third-order valence-corrected chi connectivity index (χ3v) is 6.53. The van der Waals surface area contributed by atoms with Crippen LogP contribution >= 0.6 is 0 Å². The van der Waals surface area contributed by atoms with E-state index in [4.69, 9.17) is 0 Å². The zero-order chi connectivity index (χ0) is 26.5. The quantitative estimate of drug-likeness (QED) is 0.358. The number of aliphatic hydroxyl groups excluding tert-OH is 1. The summed E-state index contributed by atoms with van der Waals surface area (Å²) in [6, 6.07) is 8.75. The Morgan fingerprint density at radius 2 is 1.86 bits per heavy atom. The summed E-state index contributed by atoms with van der Waals surface area (Å²) in [5, 5.41) is 15.6. The number of ketones is 1. The van der Waals surface area contributed by atoms with Crippen LogP contribution in [-0.4, -0.2) is 25.7 Å². The molecule has 0 saturated carbocycles. The fourth-order valence-electron chi connectivity index (χ4n) is 4.84. The summed E-state index contributed by atoms with van der Waals surface area (Å²) in [5.74, 6) is -4.15. The van der Waals surface area contributed by atoms with Crippen molar-refractivity contribution in [1.29, 1.82) is 0 Å². The largest absolute Gasteiger partial charge is 0.419 e. The lowest BCUT2D eigenvalue weighted by Gasteiger charge is -2.30. The lowest BCUT2D eigenvalue weighted by molar-refractivity contribution is -0.140. The average molecular weight is 513 g/mol. The number of aliphatic hydroxyl groups is 1. The standard InChI is InChI=1S/C27H20F5N3O2/c1-14-8-19-11-18(13-36)34-35(19)26(20-4-5-21(27(30,31)32)25(29)24(20)28)23(14)22(37)10-15-2-3-17-12-33-7-6-16(17)9-15/h2-7,9,11-12,26,36H,8,10,13H2,1H3. The van der Waals surface area contributed by atoms with E-state index >= 15 is 4.39 Å². The number of carbonyl (C=O) groups is 1. The molecule has 0 fully saturated rings. The van der Waals surface area contributed by atoms with Gasteiger partial charge in [-0.25, -0.2) is 8.78 Å². The van der Waals surface area contributed by atoms with Gasteiger partial charge in [0.05, 0.1) is 17.9 Å². The number of alkyl halides is 3. The molecule has 0 aliphatic carbocycles. The number of Topliss-reactive ketones (excluding diaryl/α,β-unsaturated/α-hetero) is 1. The molecule has 1 aliphatic rings. The van der Waals surface area contributed by atoms with Gasteiger partial charge in [-0.3, -0.25) is 14.5 Å². The highest BCUT2D eigenvalue weighted by atomic mass is 19.4. The van der Waals surface area contributed by atoms with Crippen LogP contribution in [0, 0.1) is 11.6 Å². The van der Waals surface area contributed by atoms with Crippen molar-refractivity contribution >= 4 is 16.6 Å². The van der Waals surface area contributed by atoms with Crippen molar-refractivity contribution < 1.29 is 31.9 Å². The van der Waals surface area contributed by atoms with Crippen LogP contribution in [0.25, 0.3) is 10.8 Å². The van der Waals surface area contributed by atoms with Crippen molar-refractivity contribution in [3.8, 4) is 0 Å². The molecule has 0 radical (unpaired) electrons. The number of halogens is 5. The van der Waals surface area contributed by atoms with E-state index in [1.165, 1.54) is 4.68 Å². The number of aromatic nitrogens is 3. The Kier molecular flexibility index (Phi) is 6.15. The van der Waals surface area contributed by atoms with Crippen LogP contribution in [-0.2, 0) is 30.4 Å². The van der Waals surface area contributed by atoms with E-state index < -0.39 is 47.4 Å². The predicted molar refractivity (Wildman–Crippen MR) is 125 cm³/mol. The van der Waals surface area contributed by atoms with E-state index in [2.05, 4.69) is 10.1 Å². The first kappa shape index (κ1) is 24.8. The summed E-state index contributed by atoms with van der Waals surface area (Å²) < 4.78 is 70.7. The van der Waals surface area contributed by atoms with Gasteiger partial charge < -0.3 is 5.11 Å². The number of nitrogens with zero attached hydrogens (tertiary/aromatic N) is 3. The molecule has 3 heterocycles. The first-order valence-corrected chi connectivity index (χ1v) is 11.4. The van der Waals surface area contributed by atoms with Crippen molar-refractivity contribution in [2.45, 2.75) is 38.6 Å². The molecule has 1 N–H and O–H groups in total. The summed E-state index contributed by atoms with van der Waals surface area (Å²) in [6.45, 7) is 1.23. The topological polar surface area (TPSA) is 68.0 Å². The lowest BCUT2D eigenvalue weighted by Crippen LogP contribution is -2.29. The Morgan fingerprint density at radius 1 is 1.08 bits per heavy atom. The average Bonchev–Trinajstić information content (AvgIpc) is 3.27. The van der Waals surface area contributed by atoms with Crippen LogP contribution in [0.3, 0.4) is 0 Å². The van der Waals surface area contributed by atoms with Crippen LogP contribution in [0.1, 0.15) is 41.0 Å². The molecule has 0 amide bonds. The molecule has 1 unspecified atom stereocenters. The minimum absolute atomic E-state index is 0.0738. The normalized spacial score (nSPS) is 15.8. The Labute approximate surface area is 207 Å². The molecule has 0 saturated heterocycles. The Balaban J connectivity index is 1.62. The predicted octanol–water partition coefficient (Wildman–Crippen LogP) is 5.49. The molecule has 5 rings (SSSR count). The van der Waals surface area contributed by atoms with E-state index in [9.17, 15) is 27.5 Å². The number of fused-ring (bicyclic) bond motifs is 2. The highest BCUT2D eigenvalue weighted by Gasteiger charge is 2.39. The van der Waals surface area contributed by atoms with Crippen molar-refractivity contribution in [2.24, 2.45) is 0 Å². The van der Waals surface area contributed by atoms with E-state index in [1.54, 1.807) is 37.5 Å². The minimum atomic E-state index is -5.09. The molecular formula is C27H20F5N3O2. The first-order valence-electron chi connectivity index (χ1n) is 11.4. The summed E-state index contributed by atoms with van der Waals surface area (Å²) in [4.78, 5) is 17.7. The van der Waals surface area contributed by atoms with E-state index in [1.807, 2.05) is 12.1 Å². The molecule has 5 nitrogen and oxygen atoms in total. The fraction of sp³-hybridized carbons (Fsp3) is 0.222. The van der Waals surface area contributed by atoms with Gasteiger partial charge in [0.15, 0.2) is 17.4 Å². The maximum Gasteiger partial charge on any atom is 0.419 e. The van der Waals surface area contributed by atoms with Gasteiger partial charge >= 0.3 is 6.18 Å². The molecule has 1 atom stereocenters. The van der Waals surface area contributed by atoms with Crippen LogP contribution in [0.15, 0.2) is 66.0 Å². The zero-order valence-corrected chi connectivity index (χ0v) is 19.5. The molecule has 2 aromatic heterocycles. The smallest absolute Gasteiger partial charge is 0.390 e. The second-order valence-corrected chi connectivity index (χ2v) is 8.99. The van der Waals surface area contributed by atoms with Crippen LogP contribution in [0.2, 0.25) is 0 Å². The van der Waals surface area contributed by atoms with Gasteiger partial charge in [0.2, 0.25) is 0 Å². The van der Waals surface area contributed by atoms with Crippen LogP contribution in [0.4, 0.5) is 22.0 Å². The summed E-state index contributed by atoms with van der Waals surface area (Å²) in [6.07, 6.45) is -1.61. The van der Waals surface area contributed by atoms with Gasteiger partial charge in [0, 0.05) is 47.5 Å². The van der Waals surface area contributed by atoms with Gasteiger partial charge in [-0.2, -0.15) is 18.3 Å². The third kappa shape index (κ3) is 4.42. The van der Waals surface area contributed by atoms with Crippen molar-refractivity contribution in [3.05, 3.63) is 106 Å². The number of allylic oxidation sites excluding steroid dienone is 2. The highest BCUT2D eigenvalue weighted by Crippen LogP contribution is 2.40. The summed E-state index contributed by atoms with van der Waals surface area (Å²) in [5.41, 5.74) is -0.0982. The van der Waals surface area contributed by atoms with E-state index in [-0.39, 0.29) is 24.1 Å². The number of rotatable bonds is 5. The molecular weight excluding hydrogens is 493 g/mol. The van der Waals surface area contributed by atoms with E-state index in [0.29, 0.717) is 22.9 Å². The van der Waals surface area contributed by atoms with E-state index in [0.717, 1.165) is 16.8 Å². The molecule has 4 aromatic rings. The number of hydrogen-bond donors (Lipinski definition) is 1. The monoisotopic (exact) mass is 513 g/mol. The van der Waals surface area contributed by atoms with Gasteiger partial charge in [0.25, 0.3) is 0 Å². The second-order valence-electron chi connectivity index (χ2n) is 8.99. The summed E-state index contributed by atoms with van der Waals surface area (Å²) >= 11 is 0. The molecule has 2 aromatic carbocycles. The van der Waals surface area contributed by atoms with Gasteiger partial charge in [0.1, 0.15) is 6.04 Å². The molecule has 37 heavy (non-hydrogen) atoms. The Hall–Kier alpha value is -3.92. The molecule has 1 aliphatic heterocycles. The second kappa shape index (κ2) is 9.19. The number of benzene rings is 2. The van der Waals surface area contributed by atoms with Gasteiger partial charge in [-0.1, -0.05) is 29.8 Å².